The van der Waals surface area contributed by atoms with Crippen LogP contribution in [-0.4, -0.2) is 15.5 Å². The zero-order valence-corrected chi connectivity index (χ0v) is 7.93. The Morgan fingerprint density at radius 2 is 1.18 bits per heavy atom. The first-order valence-corrected chi connectivity index (χ1v) is 3.71. The minimum Gasteiger partial charge on any atom is -0.226 e. The fraction of sp³-hybridized carbons (Fsp3) is 1.00. The van der Waals surface area contributed by atoms with Crippen LogP contribution in [0.25, 0.3) is 0 Å². The molecule has 1 atom stereocenters. The first kappa shape index (κ1) is 11.4. The quantitative estimate of drug-likeness (QED) is 0.415. The molecule has 0 aromatic heterocycles. The van der Waals surface area contributed by atoms with E-state index >= 15 is 0 Å². The molecule has 0 aromatic carbocycles. The Labute approximate surface area is 74.3 Å². The molecule has 0 radical (unpaired) electrons. The molecule has 0 heterocycles. The fourth-order valence-corrected chi connectivity index (χ4v) is 0.859. The Morgan fingerprint density at radius 3 is 1.18 bits per heavy atom. The number of halogens is 6. The maximum atomic E-state index is 12.4. The van der Waals surface area contributed by atoms with Crippen LogP contribution in [0.5, 0.6) is 0 Å². The highest BCUT2D eigenvalue weighted by molar-refractivity contribution is 14.1. The second kappa shape index (κ2) is 2.70. The van der Waals surface area contributed by atoms with Crippen LogP contribution in [-0.2, 0) is 0 Å². The Kier molecular flexibility index (Phi) is 2.80. The highest BCUT2D eigenvalue weighted by Gasteiger charge is 2.64. The predicted molar refractivity (Wildman–Crippen MR) is 39.1 cm³/mol. The second-order valence-electron chi connectivity index (χ2n) is 2.35. The first-order chi connectivity index (χ1) is 4.50. The summed E-state index contributed by atoms with van der Waals surface area (Å²) >= 11 is 0.648. The summed E-state index contributed by atoms with van der Waals surface area (Å²) in [4.78, 5) is 0. The maximum absolute atomic E-state index is 12.4. The van der Waals surface area contributed by atoms with Crippen LogP contribution in [0.1, 0.15) is 13.8 Å². The zero-order valence-electron chi connectivity index (χ0n) is 5.77. The minimum absolute atomic E-state index is 0.0104. The Hall–Kier alpha value is 0.380. The molecule has 1 unspecified atom stereocenters. The minimum atomic E-state index is -4.64. The largest absolute Gasteiger partial charge is 0.351 e. The van der Waals surface area contributed by atoms with Gasteiger partial charge in [-0.2, -0.15) is 8.78 Å². The van der Waals surface area contributed by atoms with Crippen molar-refractivity contribution in [1.82, 2.24) is 0 Å². The van der Waals surface area contributed by atoms with Gasteiger partial charge in [0.1, 0.15) is 0 Å². The average molecular weight is 288 g/mol. The third-order valence-electron chi connectivity index (χ3n) is 1.10. The standard InChI is InChI=1S/C5H6F5I/c1-3(6,7)5(9,10)4(2,8)11/h1-2H3. The Morgan fingerprint density at radius 1 is 0.909 bits per heavy atom. The van der Waals surface area contributed by atoms with Crippen LogP contribution >= 0.6 is 22.6 Å². The van der Waals surface area contributed by atoms with E-state index in [0.29, 0.717) is 29.5 Å². The van der Waals surface area contributed by atoms with Crippen molar-refractivity contribution in [2.75, 3.05) is 0 Å². The summed E-state index contributed by atoms with van der Waals surface area (Å²) in [5, 5.41) is 0. The van der Waals surface area contributed by atoms with Crippen molar-refractivity contribution in [2.24, 2.45) is 0 Å². The van der Waals surface area contributed by atoms with Gasteiger partial charge in [0.15, 0.2) is 0 Å². The maximum Gasteiger partial charge on any atom is 0.351 e. The molecule has 0 bridgehead atoms. The predicted octanol–water partition coefficient (Wildman–Crippen LogP) is 3.40. The lowest BCUT2D eigenvalue weighted by atomic mass is 10.1. The molecule has 0 saturated carbocycles. The zero-order chi connectivity index (χ0) is 9.50. The first-order valence-electron chi connectivity index (χ1n) is 2.63. The van der Waals surface area contributed by atoms with E-state index in [1.165, 1.54) is 0 Å². The van der Waals surface area contributed by atoms with E-state index in [2.05, 4.69) is 0 Å². The van der Waals surface area contributed by atoms with Gasteiger partial charge in [0, 0.05) is 6.92 Å². The van der Waals surface area contributed by atoms with Gasteiger partial charge in [-0.25, -0.2) is 13.2 Å². The van der Waals surface area contributed by atoms with E-state index in [0.717, 1.165) is 0 Å². The Bertz CT molecular complexity index is 126. The van der Waals surface area contributed by atoms with Gasteiger partial charge in [-0.1, -0.05) is 0 Å². The molecule has 68 valence electrons. The molecular formula is C5H6F5I. The third-order valence-corrected chi connectivity index (χ3v) is 1.78. The van der Waals surface area contributed by atoms with E-state index < -0.39 is 15.5 Å². The van der Waals surface area contributed by atoms with E-state index in [-0.39, 0.29) is 6.92 Å². The molecular weight excluding hydrogens is 282 g/mol. The SMILES string of the molecule is CC(F)(F)C(F)(F)C(C)(F)I. The summed E-state index contributed by atoms with van der Waals surface area (Å²) in [6.07, 6.45) is 0. The summed E-state index contributed by atoms with van der Waals surface area (Å²) in [5.74, 6) is -8.97. The summed E-state index contributed by atoms with van der Waals surface area (Å²) in [6, 6.07) is 0. The molecule has 0 aliphatic heterocycles. The lowest BCUT2D eigenvalue weighted by molar-refractivity contribution is -0.230. The number of hydrogen-bond acceptors (Lipinski definition) is 0. The number of hydrogen-bond donors (Lipinski definition) is 0. The van der Waals surface area contributed by atoms with Gasteiger partial charge in [0.05, 0.1) is 0 Å². The summed E-state index contributed by atoms with van der Waals surface area (Å²) < 4.78 is 57.8. The fourth-order valence-electron chi connectivity index (χ4n) is 0.385. The van der Waals surface area contributed by atoms with Gasteiger partial charge < -0.3 is 0 Å². The summed E-state index contributed by atoms with van der Waals surface area (Å²) in [6.45, 7) is 0.397. The molecule has 0 saturated heterocycles. The van der Waals surface area contributed by atoms with Crippen LogP contribution in [0, 0.1) is 0 Å². The molecule has 0 fully saturated rings. The number of rotatable bonds is 2. The second-order valence-corrected chi connectivity index (χ2v) is 4.38. The van der Waals surface area contributed by atoms with Crippen LogP contribution in [0.4, 0.5) is 22.0 Å². The van der Waals surface area contributed by atoms with E-state index in [4.69, 9.17) is 0 Å². The normalized spacial score (nSPS) is 19.6. The van der Waals surface area contributed by atoms with E-state index in [1.54, 1.807) is 0 Å². The lowest BCUT2D eigenvalue weighted by Gasteiger charge is -2.29. The van der Waals surface area contributed by atoms with Crippen molar-refractivity contribution in [3.8, 4) is 0 Å². The number of alkyl halides is 6. The van der Waals surface area contributed by atoms with Crippen molar-refractivity contribution in [3.63, 3.8) is 0 Å². The smallest absolute Gasteiger partial charge is 0.226 e. The van der Waals surface area contributed by atoms with Crippen LogP contribution in [0.15, 0.2) is 0 Å². The highest BCUT2D eigenvalue weighted by atomic mass is 127. The van der Waals surface area contributed by atoms with Crippen LogP contribution < -0.4 is 0 Å². The molecule has 0 aromatic rings. The van der Waals surface area contributed by atoms with Gasteiger partial charge >= 0.3 is 11.8 Å². The summed E-state index contributed by atoms with van der Waals surface area (Å²) in [5.41, 5.74) is 0. The van der Waals surface area contributed by atoms with E-state index in [9.17, 15) is 22.0 Å². The topological polar surface area (TPSA) is 0 Å². The highest BCUT2D eigenvalue weighted by Crippen LogP contribution is 2.47. The monoisotopic (exact) mass is 288 g/mol. The molecule has 0 spiro atoms. The summed E-state index contributed by atoms with van der Waals surface area (Å²) in [7, 11) is 0. The Balaban J connectivity index is 4.75. The molecule has 0 rings (SSSR count). The average Bonchev–Trinajstić information content (AvgIpc) is 1.58. The van der Waals surface area contributed by atoms with Crippen molar-refractivity contribution in [3.05, 3.63) is 0 Å². The molecule has 0 nitrogen and oxygen atoms in total. The van der Waals surface area contributed by atoms with Crippen molar-refractivity contribution < 1.29 is 22.0 Å². The molecule has 0 aliphatic carbocycles. The van der Waals surface area contributed by atoms with Gasteiger partial charge in [0.25, 0.3) is 0 Å². The molecule has 0 aliphatic rings. The van der Waals surface area contributed by atoms with Crippen LogP contribution in [0.2, 0.25) is 0 Å². The third kappa shape index (κ3) is 2.16. The lowest BCUT2D eigenvalue weighted by Crippen LogP contribution is -2.49. The van der Waals surface area contributed by atoms with Crippen molar-refractivity contribution in [1.29, 1.82) is 0 Å². The van der Waals surface area contributed by atoms with Crippen LogP contribution in [0.3, 0.4) is 0 Å². The molecule has 0 N–H and O–H groups in total. The molecule has 11 heavy (non-hydrogen) atoms. The van der Waals surface area contributed by atoms with Gasteiger partial charge in [-0.15, -0.1) is 0 Å². The van der Waals surface area contributed by atoms with Crippen molar-refractivity contribution in [2.45, 2.75) is 29.4 Å². The molecule has 6 heteroatoms. The van der Waals surface area contributed by atoms with Gasteiger partial charge in [0.2, 0.25) is 3.68 Å². The van der Waals surface area contributed by atoms with Gasteiger partial charge in [-0.3, -0.25) is 0 Å². The van der Waals surface area contributed by atoms with Gasteiger partial charge in [-0.05, 0) is 29.5 Å². The van der Waals surface area contributed by atoms with E-state index in [1.807, 2.05) is 0 Å². The van der Waals surface area contributed by atoms with Crippen molar-refractivity contribution >= 4 is 22.6 Å². The molecule has 0 amide bonds.